The monoisotopic (exact) mass is 364 g/mol. The fourth-order valence-corrected chi connectivity index (χ4v) is 4.73. The first-order valence-corrected chi connectivity index (χ1v) is 9.75. The summed E-state index contributed by atoms with van der Waals surface area (Å²) in [7, 11) is 0. The van der Waals surface area contributed by atoms with E-state index in [-0.39, 0.29) is 5.41 Å². The lowest BCUT2D eigenvalue weighted by molar-refractivity contribution is 0.0746. The summed E-state index contributed by atoms with van der Waals surface area (Å²) >= 11 is 0. The predicted molar refractivity (Wildman–Crippen MR) is 102 cm³/mol. The van der Waals surface area contributed by atoms with Crippen LogP contribution in [-0.4, -0.2) is 56.8 Å². The number of aromatic amines is 1. The third-order valence-corrected chi connectivity index (χ3v) is 6.39. The Morgan fingerprint density at radius 2 is 2.11 bits per heavy atom. The lowest BCUT2D eigenvalue weighted by Crippen LogP contribution is -2.57. The van der Waals surface area contributed by atoms with Crippen molar-refractivity contribution in [2.75, 3.05) is 29.9 Å². The number of fused-ring (bicyclic) bond motifs is 2. The van der Waals surface area contributed by atoms with Gasteiger partial charge in [0.2, 0.25) is 5.95 Å². The number of nitriles is 1. The summed E-state index contributed by atoms with van der Waals surface area (Å²) in [6.07, 6.45) is 11.1. The van der Waals surface area contributed by atoms with E-state index in [0.717, 1.165) is 44.0 Å². The van der Waals surface area contributed by atoms with Crippen LogP contribution in [0.1, 0.15) is 32.1 Å². The van der Waals surface area contributed by atoms with Gasteiger partial charge in [-0.25, -0.2) is 4.98 Å². The fourth-order valence-electron chi connectivity index (χ4n) is 4.73. The predicted octanol–water partition coefficient (Wildman–Crippen LogP) is 2.29. The number of hydrogen-bond acceptors (Lipinski definition) is 7. The second-order valence-corrected chi connectivity index (χ2v) is 8.06. The van der Waals surface area contributed by atoms with Gasteiger partial charge in [0.25, 0.3) is 0 Å². The quantitative estimate of drug-likeness (QED) is 0.840. The van der Waals surface area contributed by atoms with Crippen molar-refractivity contribution < 1.29 is 0 Å². The summed E-state index contributed by atoms with van der Waals surface area (Å²) in [4.78, 5) is 14.0. The van der Waals surface area contributed by atoms with Crippen LogP contribution in [-0.2, 0) is 0 Å². The first-order valence-electron chi connectivity index (χ1n) is 9.75. The topological polar surface area (TPSA) is 96.8 Å². The van der Waals surface area contributed by atoms with E-state index in [1.807, 2.05) is 6.07 Å². The number of anilines is 3. The van der Waals surface area contributed by atoms with Crippen LogP contribution in [0.4, 0.5) is 17.5 Å². The maximum Gasteiger partial charge on any atom is 0.229 e. The van der Waals surface area contributed by atoms with Gasteiger partial charge < -0.3 is 10.2 Å². The Balaban J connectivity index is 1.29. The van der Waals surface area contributed by atoms with E-state index in [1.165, 1.54) is 19.3 Å². The molecule has 0 spiro atoms. The minimum absolute atomic E-state index is 0.0837. The van der Waals surface area contributed by atoms with Crippen molar-refractivity contribution in [3.63, 3.8) is 0 Å². The molecule has 8 nitrogen and oxygen atoms in total. The normalized spacial score (nSPS) is 26.4. The van der Waals surface area contributed by atoms with E-state index in [4.69, 9.17) is 4.98 Å². The molecular weight excluding hydrogens is 340 g/mol. The summed E-state index contributed by atoms with van der Waals surface area (Å²) in [5.41, 5.74) is 0.763. The molecule has 2 saturated heterocycles. The highest BCUT2D eigenvalue weighted by Gasteiger charge is 2.46. The number of H-pyrrole nitrogens is 1. The SMILES string of the molecule is N#CC1(CN2[C@@H]3CC[C@H]2CN(c2ccnc(Nc4cn[nH]c4)n2)C3)CCC1. The molecule has 8 heteroatoms. The largest absolute Gasteiger partial charge is 0.353 e. The molecule has 1 aliphatic carbocycles. The van der Waals surface area contributed by atoms with Crippen LogP contribution >= 0.6 is 0 Å². The third-order valence-electron chi connectivity index (χ3n) is 6.39. The fraction of sp³-hybridized carbons (Fsp3) is 0.579. The summed E-state index contributed by atoms with van der Waals surface area (Å²) < 4.78 is 0. The van der Waals surface area contributed by atoms with Crippen LogP contribution < -0.4 is 10.2 Å². The molecule has 0 radical (unpaired) electrons. The van der Waals surface area contributed by atoms with Gasteiger partial charge in [-0.05, 0) is 31.7 Å². The van der Waals surface area contributed by atoms with Crippen LogP contribution in [0.15, 0.2) is 24.7 Å². The highest BCUT2D eigenvalue weighted by atomic mass is 15.4. The molecule has 5 rings (SSSR count). The molecule has 27 heavy (non-hydrogen) atoms. The molecule has 3 fully saturated rings. The number of nitrogens with zero attached hydrogens (tertiary/aromatic N) is 6. The zero-order chi connectivity index (χ0) is 18.3. The molecule has 140 valence electrons. The molecule has 3 aliphatic rings. The van der Waals surface area contributed by atoms with Crippen molar-refractivity contribution in [1.29, 1.82) is 5.26 Å². The molecule has 2 aromatic heterocycles. The summed E-state index contributed by atoms with van der Waals surface area (Å²) in [6, 6.07) is 5.64. The molecule has 2 aliphatic heterocycles. The van der Waals surface area contributed by atoms with Crippen LogP contribution in [0.2, 0.25) is 0 Å². The lowest BCUT2D eigenvalue weighted by Gasteiger charge is -2.47. The Labute approximate surface area is 158 Å². The number of hydrogen-bond donors (Lipinski definition) is 2. The number of nitrogens with one attached hydrogen (secondary N) is 2. The van der Waals surface area contributed by atoms with Crippen molar-refractivity contribution >= 4 is 17.5 Å². The van der Waals surface area contributed by atoms with Gasteiger partial charge in [0.15, 0.2) is 0 Å². The maximum atomic E-state index is 9.61. The highest BCUT2D eigenvalue weighted by molar-refractivity contribution is 5.53. The lowest BCUT2D eigenvalue weighted by atomic mass is 9.69. The Bertz CT molecular complexity index is 824. The Morgan fingerprint density at radius 1 is 1.30 bits per heavy atom. The van der Waals surface area contributed by atoms with Gasteiger partial charge in [-0.2, -0.15) is 15.3 Å². The average molecular weight is 364 g/mol. The summed E-state index contributed by atoms with van der Waals surface area (Å²) in [5, 5.41) is 19.5. The van der Waals surface area contributed by atoms with E-state index in [9.17, 15) is 5.26 Å². The standard InChI is InChI=1S/C19H24N8/c20-12-19(5-1-6-19)13-27-15-2-3-16(27)11-26(10-15)17-4-7-21-18(25-17)24-14-8-22-23-9-14/h4,7-9,15-16H,1-3,5-6,10-11,13H2,(H,22,23)(H,21,24,25)/t15-,16+. The Kier molecular flexibility index (Phi) is 3.97. The van der Waals surface area contributed by atoms with E-state index < -0.39 is 0 Å². The molecule has 2 N–H and O–H groups in total. The van der Waals surface area contributed by atoms with Gasteiger partial charge >= 0.3 is 0 Å². The highest BCUT2D eigenvalue weighted by Crippen LogP contribution is 2.44. The average Bonchev–Trinajstić information content (AvgIpc) is 3.23. The zero-order valence-corrected chi connectivity index (χ0v) is 15.3. The minimum atomic E-state index is -0.0837. The van der Waals surface area contributed by atoms with E-state index in [1.54, 1.807) is 18.6 Å². The van der Waals surface area contributed by atoms with Gasteiger partial charge in [-0.15, -0.1) is 0 Å². The molecule has 0 amide bonds. The third kappa shape index (κ3) is 3.02. The summed E-state index contributed by atoms with van der Waals surface area (Å²) in [5.74, 6) is 1.55. The molecular formula is C19H24N8. The van der Waals surface area contributed by atoms with Gasteiger partial charge in [0.05, 0.1) is 23.4 Å². The second kappa shape index (κ2) is 6.50. The van der Waals surface area contributed by atoms with E-state index >= 15 is 0 Å². The number of piperazine rings is 1. The molecule has 2 atom stereocenters. The Morgan fingerprint density at radius 3 is 2.74 bits per heavy atom. The van der Waals surface area contributed by atoms with Crippen molar-refractivity contribution in [1.82, 2.24) is 25.1 Å². The van der Waals surface area contributed by atoms with Crippen molar-refractivity contribution in [2.24, 2.45) is 5.41 Å². The molecule has 4 heterocycles. The Hall–Kier alpha value is -2.66. The molecule has 0 unspecified atom stereocenters. The van der Waals surface area contributed by atoms with Gasteiger partial charge in [0.1, 0.15) is 5.82 Å². The van der Waals surface area contributed by atoms with Gasteiger partial charge in [-0.3, -0.25) is 10.00 Å². The van der Waals surface area contributed by atoms with E-state index in [0.29, 0.717) is 18.0 Å². The minimum Gasteiger partial charge on any atom is -0.353 e. The maximum absolute atomic E-state index is 9.61. The van der Waals surface area contributed by atoms with Crippen LogP contribution in [0.5, 0.6) is 0 Å². The molecule has 2 bridgehead atoms. The van der Waals surface area contributed by atoms with Gasteiger partial charge in [0, 0.05) is 44.1 Å². The smallest absolute Gasteiger partial charge is 0.229 e. The first-order chi connectivity index (χ1) is 13.2. The number of rotatable bonds is 5. The summed E-state index contributed by atoms with van der Waals surface area (Å²) in [6.45, 7) is 2.89. The molecule has 2 aromatic rings. The van der Waals surface area contributed by atoms with Crippen LogP contribution in [0.3, 0.4) is 0 Å². The van der Waals surface area contributed by atoms with Crippen molar-refractivity contribution in [3.8, 4) is 6.07 Å². The second-order valence-electron chi connectivity index (χ2n) is 8.06. The van der Waals surface area contributed by atoms with Gasteiger partial charge in [-0.1, -0.05) is 6.42 Å². The first kappa shape index (κ1) is 16.5. The zero-order valence-electron chi connectivity index (χ0n) is 15.3. The number of aromatic nitrogens is 4. The van der Waals surface area contributed by atoms with Crippen molar-refractivity contribution in [3.05, 3.63) is 24.7 Å². The van der Waals surface area contributed by atoms with Crippen LogP contribution in [0.25, 0.3) is 0 Å². The van der Waals surface area contributed by atoms with Crippen molar-refractivity contribution in [2.45, 2.75) is 44.2 Å². The van der Waals surface area contributed by atoms with Crippen LogP contribution in [0, 0.1) is 16.7 Å². The molecule has 0 aromatic carbocycles. The van der Waals surface area contributed by atoms with E-state index in [2.05, 4.69) is 36.4 Å². The molecule has 1 saturated carbocycles.